The number of aliphatic hydroxyl groups excluding tert-OH is 1. The van der Waals surface area contributed by atoms with Crippen molar-refractivity contribution in [1.82, 2.24) is 19.9 Å². The highest BCUT2D eigenvalue weighted by Crippen LogP contribution is 2.11. The lowest BCUT2D eigenvalue weighted by molar-refractivity contribution is 0.0610. The van der Waals surface area contributed by atoms with Gasteiger partial charge in [-0.2, -0.15) is 5.10 Å². The van der Waals surface area contributed by atoms with Gasteiger partial charge >= 0.3 is 0 Å². The van der Waals surface area contributed by atoms with E-state index in [2.05, 4.69) is 15.4 Å². The number of carbonyl (C=O) groups excluding carboxylic acids is 1. The van der Waals surface area contributed by atoms with Crippen molar-refractivity contribution in [2.45, 2.75) is 20.0 Å². The Morgan fingerprint density at radius 3 is 3.00 bits per heavy atom. The van der Waals surface area contributed by atoms with E-state index in [0.717, 1.165) is 11.4 Å². The van der Waals surface area contributed by atoms with Crippen LogP contribution < -0.4 is 5.32 Å². The van der Waals surface area contributed by atoms with Crippen LogP contribution >= 0.6 is 0 Å². The van der Waals surface area contributed by atoms with Gasteiger partial charge in [0, 0.05) is 25.0 Å². The van der Waals surface area contributed by atoms with Gasteiger partial charge in [0.1, 0.15) is 5.56 Å². The van der Waals surface area contributed by atoms with Crippen LogP contribution in [0.3, 0.4) is 0 Å². The first-order valence-corrected chi connectivity index (χ1v) is 6.30. The molecule has 1 amide bonds. The van der Waals surface area contributed by atoms with E-state index >= 15 is 0 Å². The number of ether oxygens (including phenoxy) is 1. The molecule has 1 atom stereocenters. The molecule has 7 heteroatoms. The molecule has 0 aromatic carbocycles. The molecule has 0 spiro atoms. The number of amides is 1. The lowest BCUT2D eigenvalue weighted by Crippen LogP contribution is -2.34. The monoisotopic (exact) mass is 278 g/mol. The van der Waals surface area contributed by atoms with E-state index < -0.39 is 6.10 Å². The number of nitrogens with one attached hydrogen (secondary N) is 1. The van der Waals surface area contributed by atoms with Crippen LogP contribution in [-0.4, -0.2) is 52.0 Å². The summed E-state index contributed by atoms with van der Waals surface area (Å²) in [6.07, 6.45) is 0.745. The van der Waals surface area contributed by atoms with E-state index in [9.17, 15) is 9.90 Å². The van der Waals surface area contributed by atoms with Crippen LogP contribution in [0.5, 0.6) is 0 Å². The van der Waals surface area contributed by atoms with Gasteiger partial charge in [-0.3, -0.25) is 4.79 Å². The summed E-state index contributed by atoms with van der Waals surface area (Å²) in [6.45, 7) is 4.06. The van der Waals surface area contributed by atoms with Gasteiger partial charge in [0.25, 0.3) is 5.91 Å². The Labute approximate surface area is 116 Å². The first-order chi connectivity index (χ1) is 9.52. The first-order valence-electron chi connectivity index (χ1n) is 6.30. The summed E-state index contributed by atoms with van der Waals surface area (Å²) < 4.78 is 6.42. The van der Waals surface area contributed by atoms with Gasteiger partial charge in [0.2, 0.25) is 0 Å². The van der Waals surface area contributed by atoms with E-state index in [1.165, 1.54) is 13.3 Å². The van der Waals surface area contributed by atoms with Crippen molar-refractivity contribution >= 4 is 11.6 Å². The fraction of sp³-hybridized carbons (Fsp3) is 0.462. The highest BCUT2D eigenvalue weighted by atomic mass is 16.5. The predicted octanol–water partition coefficient (Wildman–Crippen LogP) is 0.0832. The minimum atomic E-state index is -0.734. The molecule has 7 nitrogen and oxygen atoms in total. The Bertz CT molecular complexity index is 623. The number of aromatic nitrogens is 3. The van der Waals surface area contributed by atoms with Crippen LogP contribution in [0.2, 0.25) is 0 Å². The first kappa shape index (κ1) is 14.4. The molecule has 0 aliphatic rings. The SMILES string of the molecule is COCC(O)CNC(=O)c1cnn2c(C)cc(C)nc12. The average molecular weight is 278 g/mol. The normalized spacial score (nSPS) is 12.6. The topological polar surface area (TPSA) is 88.8 Å². The fourth-order valence-electron chi connectivity index (χ4n) is 1.99. The molecule has 2 aromatic rings. The third kappa shape index (κ3) is 2.94. The van der Waals surface area contributed by atoms with Crippen LogP contribution in [0.1, 0.15) is 21.7 Å². The van der Waals surface area contributed by atoms with Crippen molar-refractivity contribution in [2.75, 3.05) is 20.3 Å². The Hall–Kier alpha value is -1.99. The summed E-state index contributed by atoms with van der Waals surface area (Å²) in [5.74, 6) is -0.312. The van der Waals surface area contributed by atoms with Gasteiger partial charge in [0.15, 0.2) is 5.65 Å². The molecule has 0 aliphatic heterocycles. The van der Waals surface area contributed by atoms with Gasteiger partial charge in [-0.15, -0.1) is 0 Å². The molecule has 2 rings (SSSR count). The highest BCUT2D eigenvalue weighted by molar-refractivity contribution is 5.99. The molecule has 108 valence electrons. The second-order valence-corrected chi connectivity index (χ2v) is 4.65. The maximum atomic E-state index is 12.1. The zero-order valence-electron chi connectivity index (χ0n) is 11.8. The summed E-state index contributed by atoms with van der Waals surface area (Å²) in [7, 11) is 1.49. The molecule has 2 aromatic heterocycles. The zero-order valence-corrected chi connectivity index (χ0v) is 11.8. The average Bonchev–Trinajstić information content (AvgIpc) is 2.80. The number of methoxy groups -OCH3 is 1. The van der Waals surface area contributed by atoms with Crippen LogP contribution in [0.25, 0.3) is 5.65 Å². The Morgan fingerprint density at radius 1 is 1.55 bits per heavy atom. The number of fused-ring (bicyclic) bond motifs is 1. The summed E-state index contributed by atoms with van der Waals surface area (Å²) in [5, 5.41) is 16.3. The molecule has 0 aliphatic carbocycles. The molecule has 20 heavy (non-hydrogen) atoms. The van der Waals surface area contributed by atoms with Crippen LogP contribution in [0.4, 0.5) is 0 Å². The Balaban J connectivity index is 2.18. The molecule has 0 saturated carbocycles. The number of hydrogen-bond acceptors (Lipinski definition) is 5. The molecule has 1 unspecified atom stereocenters. The number of aliphatic hydroxyl groups is 1. The van der Waals surface area contributed by atoms with Gasteiger partial charge < -0.3 is 15.2 Å². The van der Waals surface area contributed by atoms with Gasteiger partial charge in [-0.25, -0.2) is 9.50 Å². The van der Waals surface area contributed by atoms with Crippen LogP contribution in [0.15, 0.2) is 12.3 Å². The largest absolute Gasteiger partial charge is 0.389 e. The van der Waals surface area contributed by atoms with Crippen LogP contribution in [-0.2, 0) is 4.74 Å². The smallest absolute Gasteiger partial charge is 0.256 e. The van der Waals surface area contributed by atoms with Crippen molar-refractivity contribution in [3.8, 4) is 0 Å². The lowest BCUT2D eigenvalue weighted by Gasteiger charge is -2.10. The van der Waals surface area contributed by atoms with E-state index in [4.69, 9.17) is 4.74 Å². The second-order valence-electron chi connectivity index (χ2n) is 4.65. The quantitative estimate of drug-likeness (QED) is 0.808. The Kier molecular flexibility index (Phi) is 4.31. The maximum Gasteiger partial charge on any atom is 0.256 e. The molecule has 2 N–H and O–H groups in total. The zero-order chi connectivity index (χ0) is 14.7. The fourth-order valence-corrected chi connectivity index (χ4v) is 1.99. The van der Waals surface area contributed by atoms with Gasteiger partial charge in [-0.1, -0.05) is 0 Å². The van der Waals surface area contributed by atoms with E-state index in [1.807, 2.05) is 19.9 Å². The van der Waals surface area contributed by atoms with Gasteiger partial charge in [-0.05, 0) is 19.9 Å². The van der Waals surface area contributed by atoms with Gasteiger partial charge in [0.05, 0.1) is 18.9 Å². The minimum absolute atomic E-state index is 0.120. The third-order valence-electron chi connectivity index (χ3n) is 2.88. The second kappa shape index (κ2) is 5.98. The van der Waals surface area contributed by atoms with E-state index in [1.54, 1.807) is 4.52 Å². The highest BCUT2D eigenvalue weighted by Gasteiger charge is 2.16. The maximum absolute atomic E-state index is 12.1. The molecule has 2 heterocycles. The minimum Gasteiger partial charge on any atom is -0.389 e. The lowest BCUT2D eigenvalue weighted by atomic mass is 10.3. The molecular formula is C13H18N4O3. The summed E-state index contributed by atoms with van der Waals surface area (Å²) >= 11 is 0. The predicted molar refractivity (Wildman–Crippen MR) is 72.7 cm³/mol. The Morgan fingerprint density at radius 2 is 2.30 bits per heavy atom. The van der Waals surface area contributed by atoms with Crippen molar-refractivity contribution in [3.05, 3.63) is 29.2 Å². The number of rotatable bonds is 5. The molecule has 0 fully saturated rings. The molecular weight excluding hydrogens is 260 g/mol. The summed E-state index contributed by atoms with van der Waals surface area (Å²) in [4.78, 5) is 16.4. The van der Waals surface area contributed by atoms with Crippen molar-refractivity contribution < 1.29 is 14.6 Å². The van der Waals surface area contributed by atoms with E-state index in [0.29, 0.717) is 11.2 Å². The summed E-state index contributed by atoms with van der Waals surface area (Å²) in [5.41, 5.74) is 2.64. The van der Waals surface area contributed by atoms with Crippen LogP contribution in [0, 0.1) is 13.8 Å². The number of nitrogens with zero attached hydrogens (tertiary/aromatic N) is 3. The number of carbonyl (C=O) groups is 1. The molecule has 0 radical (unpaired) electrons. The van der Waals surface area contributed by atoms with Crippen molar-refractivity contribution in [2.24, 2.45) is 0 Å². The van der Waals surface area contributed by atoms with Crippen molar-refractivity contribution in [3.63, 3.8) is 0 Å². The molecule has 0 bridgehead atoms. The van der Waals surface area contributed by atoms with E-state index in [-0.39, 0.29) is 19.1 Å². The number of aryl methyl sites for hydroxylation is 2. The molecule has 0 saturated heterocycles. The number of hydrogen-bond donors (Lipinski definition) is 2. The van der Waals surface area contributed by atoms with Crippen molar-refractivity contribution in [1.29, 1.82) is 0 Å². The standard InChI is InChI=1S/C13H18N4O3/c1-8-4-9(2)17-12(16-8)11(6-15-17)13(19)14-5-10(18)7-20-3/h4,6,10,18H,5,7H2,1-3H3,(H,14,19). The third-order valence-corrected chi connectivity index (χ3v) is 2.88. The summed E-state index contributed by atoms with van der Waals surface area (Å²) in [6, 6.07) is 1.89.